The summed E-state index contributed by atoms with van der Waals surface area (Å²) in [4.78, 5) is 26.7. The highest BCUT2D eigenvalue weighted by Crippen LogP contribution is 2.34. The van der Waals surface area contributed by atoms with Gasteiger partial charge in [-0.05, 0) is 42.0 Å². The van der Waals surface area contributed by atoms with Gasteiger partial charge in [0.15, 0.2) is 0 Å². The number of hydrogen-bond acceptors (Lipinski definition) is 5. The van der Waals surface area contributed by atoms with Crippen molar-refractivity contribution in [3.8, 4) is 5.75 Å². The van der Waals surface area contributed by atoms with E-state index in [4.69, 9.17) is 9.47 Å². The molecule has 1 N–H and O–H groups in total. The summed E-state index contributed by atoms with van der Waals surface area (Å²) in [5.41, 5.74) is 1.56. The number of benzene rings is 1. The Morgan fingerprint density at radius 2 is 1.96 bits per heavy atom. The third-order valence-electron chi connectivity index (χ3n) is 4.29. The van der Waals surface area contributed by atoms with Crippen LogP contribution in [0.5, 0.6) is 5.75 Å². The Bertz CT molecular complexity index is 757. The van der Waals surface area contributed by atoms with Crippen molar-refractivity contribution < 1.29 is 19.1 Å². The van der Waals surface area contributed by atoms with Crippen LogP contribution in [0.15, 0.2) is 35.7 Å². The van der Waals surface area contributed by atoms with Gasteiger partial charge in [-0.25, -0.2) is 9.59 Å². The summed E-state index contributed by atoms with van der Waals surface area (Å²) in [7, 11) is 2.96. The minimum atomic E-state index is -0.446. The van der Waals surface area contributed by atoms with Gasteiger partial charge in [0, 0.05) is 6.54 Å². The second-order valence-corrected chi connectivity index (χ2v) is 6.63. The maximum atomic E-state index is 12.7. The Balaban J connectivity index is 1.74. The summed E-state index contributed by atoms with van der Waals surface area (Å²) in [6.45, 7) is 0.681. The molecule has 1 fully saturated rings. The number of rotatable bonds is 4. The Kier molecular flexibility index (Phi) is 5.23. The Hall–Kier alpha value is -2.54. The van der Waals surface area contributed by atoms with Gasteiger partial charge in [-0.15, -0.1) is 11.3 Å². The molecule has 1 atom stereocenters. The van der Waals surface area contributed by atoms with Crippen LogP contribution in [-0.2, 0) is 4.74 Å². The fourth-order valence-corrected chi connectivity index (χ4v) is 3.79. The van der Waals surface area contributed by atoms with Crippen molar-refractivity contribution in [2.45, 2.75) is 18.9 Å². The number of amides is 2. The highest BCUT2D eigenvalue weighted by molar-refractivity contribution is 7.12. The van der Waals surface area contributed by atoms with Gasteiger partial charge in [0.05, 0.1) is 25.9 Å². The van der Waals surface area contributed by atoms with E-state index in [1.165, 1.54) is 18.4 Å². The van der Waals surface area contributed by atoms with Crippen molar-refractivity contribution in [3.63, 3.8) is 0 Å². The fourth-order valence-electron chi connectivity index (χ4n) is 3.03. The number of anilines is 1. The number of carbonyl (C=O) groups is 2. The van der Waals surface area contributed by atoms with Crippen LogP contribution in [0, 0.1) is 0 Å². The Labute approximate surface area is 150 Å². The van der Waals surface area contributed by atoms with Gasteiger partial charge in [0.2, 0.25) is 0 Å². The molecule has 0 saturated carbocycles. The normalized spacial score (nSPS) is 16.6. The van der Waals surface area contributed by atoms with E-state index >= 15 is 0 Å². The van der Waals surface area contributed by atoms with E-state index < -0.39 is 5.97 Å². The molecular formula is C18H20N2O4S. The number of ether oxygens (including phenoxy) is 2. The van der Waals surface area contributed by atoms with Gasteiger partial charge in [0.1, 0.15) is 10.6 Å². The Morgan fingerprint density at radius 3 is 2.64 bits per heavy atom. The molecule has 1 aliphatic rings. The largest absolute Gasteiger partial charge is 0.497 e. The molecule has 6 nitrogen and oxygen atoms in total. The molecule has 0 bridgehead atoms. The number of nitrogens with zero attached hydrogens (tertiary/aromatic N) is 1. The molecule has 0 radical (unpaired) electrons. The second kappa shape index (κ2) is 7.57. The van der Waals surface area contributed by atoms with Crippen molar-refractivity contribution in [2.75, 3.05) is 26.1 Å². The minimum Gasteiger partial charge on any atom is -0.497 e. The van der Waals surface area contributed by atoms with E-state index in [1.807, 2.05) is 24.3 Å². The first-order chi connectivity index (χ1) is 12.1. The lowest BCUT2D eigenvalue weighted by molar-refractivity contribution is 0.0607. The summed E-state index contributed by atoms with van der Waals surface area (Å²) in [5.74, 6) is 0.345. The molecule has 2 amide bonds. The second-order valence-electron chi connectivity index (χ2n) is 5.71. The average molecular weight is 360 g/mol. The zero-order chi connectivity index (χ0) is 17.8. The predicted octanol–water partition coefficient (Wildman–Crippen LogP) is 3.91. The fraction of sp³-hybridized carbons (Fsp3) is 0.333. The molecule has 1 aliphatic heterocycles. The molecule has 7 heteroatoms. The van der Waals surface area contributed by atoms with Gasteiger partial charge in [-0.3, -0.25) is 0 Å². The summed E-state index contributed by atoms with van der Waals surface area (Å²) in [6, 6.07) is 9.30. The van der Waals surface area contributed by atoms with Crippen molar-refractivity contribution in [1.82, 2.24) is 4.90 Å². The molecule has 2 heterocycles. The third kappa shape index (κ3) is 3.61. The number of esters is 1. The summed E-state index contributed by atoms with van der Waals surface area (Å²) in [5, 5.41) is 4.60. The number of methoxy groups -OCH3 is 2. The molecule has 1 saturated heterocycles. The first kappa shape index (κ1) is 17.3. The van der Waals surface area contributed by atoms with Crippen LogP contribution < -0.4 is 10.1 Å². The minimum absolute atomic E-state index is 0.0196. The van der Waals surface area contributed by atoms with Crippen LogP contribution >= 0.6 is 11.3 Å². The van der Waals surface area contributed by atoms with Crippen LogP contribution in [0.1, 0.15) is 34.1 Å². The number of likely N-dealkylation sites (tertiary alicyclic amines) is 1. The van der Waals surface area contributed by atoms with E-state index in [0.29, 0.717) is 17.1 Å². The van der Waals surface area contributed by atoms with Gasteiger partial charge >= 0.3 is 12.0 Å². The van der Waals surface area contributed by atoms with E-state index in [9.17, 15) is 9.59 Å². The van der Waals surface area contributed by atoms with Crippen LogP contribution in [-0.4, -0.2) is 37.7 Å². The van der Waals surface area contributed by atoms with Crippen LogP contribution in [0.3, 0.4) is 0 Å². The Morgan fingerprint density at radius 1 is 1.20 bits per heavy atom. The molecule has 1 aromatic carbocycles. The molecular weight excluding hydrogens is 340 g/mol. The summed E-state index contributed by atoms with van der Waals surface area (Å²) < 4.78 is 9.94. The number of thiophene rings is 1. The van der Waals surface area contributed by atoms with Crippen LogP contribution in [0.2, 0.25) is 0 Å². The molecule has 25 heavy (non-hydrogen) atoms. The van der Waals surface area contributed by atoms with E-state index in [2.05, 4.69) is 5.32 Å². The van der Waals surface area contributed by atoms with E-state index in [0.717, 1.165) is 24.2 Å². The first-order valence-corrected chi connectivity index (χ1v) is 8.89. The molecule has 1 unspecified atom stereocenters. The third-order valence-corrected chi connectivity index (χ3v) is 5.19. The van der Waals surface area contributed by atoms with E-state index in [1.54, 1.807) is 23.5 Å². The zero-order valence-electron chi connectivity index (χ0n) is 14.2. The molecule has 0 spiro atoms. The molecule has 3 rings (SSSR count). The van der Waals surface area contributed by atoms with Gasteiger partial charge in [-0.1, -0.05) is 12.1 Å². The topological polar surface area (TPSA) is 67.9 Å². The highest BCUT2D eigenvalue weighted by Gasteiger charge is 2.30. The van der Waals surface area contributed by atoms with Gasteiger partial charge in [0.25, 0.3) is 0 Å². The number of urea groups is 1. The highest BCUT2D eigenvalue weighted by atomic mass is 32.1. The van der Waals surface area contributed by atoms with Crippen molar-refractivity contribution >= 4 is 29.0 Å². The molecule has 0 aliphatic carbocycles. The van der Waals surface area contributed by atoms with Crippen molar-refractivity contribution in [2.24, 2.45) is 0 Å². The van der Waals surface area contributed by atoms with Crippen LogP contribution in [0.25, 0.3) is 0 Å². The smallest absolute Gasteiger partial charge is 0.350 e. The quantitative estimate of drug-likeness (QED) is 0.840. The lowest BCUT2D eigenvalue weighted by atomic mass is 10.0. The molecule has 1 aromatic heterocycles. The summed E-state index contributed by atoms with van der Waals surface area (Å²) >= 11 is 1.25. The van der Waals surface area contributed by atoms with Gasteiger partial charge in [-0.2, -0.15) is 0 Å². The number of nitrogens with one attached hydrogen (secondary N) is 1. The number of hydrogen-bond donors (Lipinski definition) is 1. The van der Waals surface area contributed by atoms with Crippen LogP contribution in [0.4, 0.5) is 10.5 Å². The zero-order valence-corrected chi connectivity index (χ0v) is 15.0. The lowest BCUT2D eigenvalue weighted by Gasteiger charge is -2.25. The SMILES string of the molecule is COC(=O)c1sccc1NC(=O)N1CCCC1c1ccc(OC)cc1. The predicted molar refractivity (Wildman–Crippen MR) is 96.4 cm³/mol. The first-order valence-electron chi connectivity index (χ1n) is 8.01. The number of carbonyl (C=O) groups excluding carboxylic acids is 2. The standard InChI is InChI=1S/C18H20N2O4S/c1-23-13-7-5-12(6-8-13)15-4-3-10-20(15)18(22)19-14-9-11-25-16(14)17(21)24-2/h5-9,11,15H,3-4,10H2,1-2H3,(H,19,22). The average Bonchev–Trinajstić information content (AvgIpc) is 3.30. The molecule has 132 valence electrons. The van der Waals surface area contributed by atoms with Crippen molar-refractivity contribution in [1.29, 1.82) is 0 Å². The maximum absolute atomic E-state index is 12.7. The van der Waals surface area contributed by atoms with E-state index in [-0.39, 0.29) is 12.1 Å². The summed E-state index contributed by atoms with van der Waals surface area (Å²) in [6.07, 6.45) is 1.85. The molecule has 2 aromatic rings. The van der Waals surface area contributed by atoms with Gasteiger partial charge < -0.3 is 19.7 Å². The lowest BCUT2D eigenvalue weighted by Crippen LogP contribution is -2.34. The monoisotopic (exact) mass is 360 g/mol. The van der Waals surface area contributed by atoms with Crippen molar-refractivity contribution in [3.05, 3.63) is 46.2 Å². The maximum Gasteiger partial charge on any atom is 0.350 e.